The number of rotatable bonds is 6. The van der Waals surface area contributed by atoms with E-state index in [1.165, 1.54) is 0 Å². The average molecular weight is 296 g/mol. The summed E-state index contributed by atoms with van der Waals surface area (Å²) >= 11 is 6.04. The van der Waals surface area contributed by atoms with Gasteiger partial charge in [-0.05, 0) is 25.1 Å². The predicted molar refractivity (Wildman–Crippen MR) is 76.8 cm³/mol. The molecule has 1 N–H and O–H groups in total. The van der Waals surface area contributed by atoms with Crippen molar-refractivity contribution in [2.24, 2.45) is 0 Å². The molecule has 0 atom stereocenters. The Hall–Kier alpha value is -1.59. The molecule has 1 aromatic carbocycles. The zero-order chi connectivity index (χ0) is 14.5. The topological polar surface area (TPSA) is 60.2 Å². The fourth-order valence-corrected chi connectivity index (χ4v) is 1.86. The lowest BCUT2D eigenvalue weighted by molar-refractivity contribution is 0.268. The summed E-state index contributed by atoms with van der Waals surface area (Å²) in [4.78, 5) is 0. The van der Waals surface area contributed by atoms with Gasteiger partial charge in [0.15, 0.2) is 0 Å². The lowest BCUT2D eigenvalue weighted by Crippen LogP contribution is -2.22. The van der Waals surface area contributed by atoms with Gasteiger partial charge in [-0.3, -0.25) is 0 Å². The normalized spacial score (nSPS) is 11.1. The third-order valence-corrected chi connectivity index (χ3v) is 3.07. The number of hydrogen-bond donors (Lipinski definition) is 1. The van der Waals surface area contributed by atoms with E-state index in [0.717, 1.165) is 17.0 Å². The molecule has 0 fully saturated rings. The highest BCUT2D eigenvalue weighted by atomic mass is 35.5. The Morgan fingerprint density at radius 2 is 2.15 bits per heavy atom. The van der Waals surface area contributed by atoms with Crippen LogP contribution in [0.25, 0.3) is 0 Å². The van der Waals surface area contributed by atoms with E-state index in [2.05, 4.69) is 34.1 Å². The summed E-state index contributed by atoms with van der Waals surface area (Å²) in [5.74, 6) is 0.782. The molecule has 1 heterocycles. The van der Waals surface area contributed by atoms with Crippen LogP contribution in [0.5, 0.6) is 5.75 Å². The molecule has 2 aromatic rings. The molecule has 0 saturated heterocycles. The minimum absolute atomic E-state index is 0.325. The number of hydrogen-bond acceptors (Lipinski definition) is 5. The van der Waals surface area contributed by atoms with E-state index < -0.39 is 0 Å². The highest BCUT2D eigenvalue weighted by Gasteiger charge is 2.09. The van der Waals surface area contributed by atoms with Crippen molar-refractivity contribution in [2.45, 2.75) is 40.0 Å². The number of benzene rings is 1. The number of nitrogens with zero attached hydrogens (tertiary/aromatic N) is 2. The van der Waals surface area contributed by atoms with Gasteiger partial charge in [-0.15, -0.1) is 0 Å². The van der Waals surface area contributed by atoms with E-state index in [1.54, 1.807) is 0 Å². The summed E-state index contributed by atoms with van der Waals surface area (Å²) in [6.45, 7) is 7.04. The van der Waals surface area contributed by atoms with Crippen LogP contribution in [-0.4, -0.2) is 16.4 Å². The van der Waals surface area contributed by atoms with Crippen molar-refractivity contribution in [3.8, 4) is 5.75 Å². The minimum Gasteiger partial charge on any atom is -0.487 e. The Morgan fingerprint density at radius 3 is 2.80 bits per heavy atom. The van der Waals surface area contributed by atoms with Gasteiger partial charge in [0.1, 0.15) is 23.7 Å². The number of aryl methyl sites for hydroxylation is 1. The minimum atomic E-state index is 0.325. The molecule has 0 amide bonds. The number of ether oxygens (including phenoxy) is 1. The van der Waals surface area contributed by atoms with Crippen molar-refractivity contribution in [1.82, 2.24) is 15.6 Å². The molecule has 0 aliphatic heterocycles. The van der Waals surface area contributed by atoms with Crippen LogP contribution >= 0.6 is 11.6 Å². The first-order valence-corrected chi connectivity index (χ1v) is 6.86. The molecule has 1 aromatic heterocycles. The van der Waals surface area contributed by atoms with Crippen LogP contribution in [-0.2, 0) is 13.2 Å². The fourth-order valence-electron chi connectivity index (χ4n) is 1.67. The van der Waals surface area contributed by atoms with Gasteiger partial charge in [-0.25, -0.2) is 4.63 Å². The standard InChI is InChI=1S/C14H18ClN3O2/c1-9(2)16-7-11-6-12(15)4-5-14(11)19-8-13-10(3)17-20-18-13/h4-6,9,16H,7-8H2,1-3H3. The summed E-state index contributed by atoms with van der Waals surface area (Å²) in [5.41, 5.74) is 2.45. The summed E-state index contributed by atoms with van der Waals surface area (Å²) in [7, 11) is 0. The highest BCUT2D eigenvalue weighted by Crippen LogP contribution is 2.24. The van der Waals surface area contributed by atoms with E-state index in [9.17, 15) is 0 Å². The van der Waals surface area contributed by atoms with Crippen LogP contribution in [0.15, 0.2) is 22.8 Å². The zero-order valence-electron chi connectivity index (χ0n) is 11.8. The summed E-state index contributed by atoms with van der Waals surface area (Å²) in [5, 5.41) is 11.6. The second-order valence-electron chi connectivity index (χ2n) is 4.87. The van der Waals surface area contributed by atoms with Gasteiger partial charge in [-0.2, -0.15) is 0 Å². The molecule has 108 valence electrons. The molecule has 0 bridgehead atoms. The zero-order valence-corrected chi connectivity index (χ0v) is 12.6. The third kappa shape index (κ3) is 3.95. The Kier molecular flexibility index (Phi) is 4.98. The molecule has 0 radical (unpaired) electrons. The molecular weight excluding hydrogens is 278 g/mol. The molecular formula is C14H18ClN3O2. The van der Waals surface area contributed by atoms with Crippen LogP contribution < -0.4 is 10.1 Å². The van der Waals surface area contributed by atoms with Crippen LogP contribution in [0, 0.1) is 6.92 Å². The molecule has 0 spiro atoms. The van der Waals surface area contributed by atoms with Crippen LogP contribution in [0.2, 0.25) is 5.02 Å². The summed E-state index contributed by atoms with van der Waals surface area (Å²) < 4.78 is 10.4. The second kappa shape index (κ2) is 6.72. The van der Waals surface area contributed by atoms with Crippen molar-refractivity contribution >= 4 is 11.6 Å². The maximum absolute atomic E-state index is 6.04. The molecule has 6 heteroatoms. The van der Waals surface area contributed by atoms with Gasteiger partial charge < -0.3 is 10.1 Å². The van der Waals surface area contributed by atoms with Gasteiger partial charge in [0, 0.05) is 23.2 Å². The van der Waals surface area contributed by atoms with E-state index in [0.29, 0.717) is 29.9 Å². The average Bonchev–Trinajstić information content (AvgIpc) is 2.81. The largest absolute Gasteiger partial charge is 0.487 e. The SMILES string of the molecule is Cc1nonc1COc1ccc(Cl)cc1CNC(C)C. The Labute approximate surface area is 123 Å². The summed E-state index contributed by atoms with van der Waals surface area (Å²) in [6.07, 6.45) is 0. The van der Waals surface area contributed by atoms with Gasteiger partial charge in [0.05, 0.1) is 0 Å². The lowest BCUT2D eigenvalue weighted by atomic mass is 10.2. The van der Waals surface area contributed by atoms with Crippen LogP contribution in [0.4, 0.5) is 0 Å². The third-order valence-electron chi connectivity index (χ3n) is 2.83. The second-order valence-corrected chi connectivity index (χ2v) is 5.31. The molecule has 20 heavy (non-hydrogen) atoms. The Balaban J connectivity index is 2.08. The molecule has 5 nitrogen and oxygen atoms in total. The number of halogens is 1. The van der Waals surface area contributed by atoms with E-state index in [-0.39, 0.29) is 0 Å². The fraction of sp³-hybridized carbons (Fsp3) is 0.429. The van der Waals surface area contributed by atoms with Gasteiger partial charge >= 0.3 is 0 Å². The van der Waals surface area contributed by atoms with Gasteiger partial charge in [0.2, 0.25) is 0 Å². The van der Waals surface area contributed by atoms with Crippen molar-refractivity contribution in [3.63, 3.8) is 0 Å². The van der Waals surface area contributed by atoms with Crippen LogP contribution in [0.3, 0.4) is 0 Å². The van der Waals surface area contributed by atoms with Gasteiger partial charge in [-0.1, -0.05) is 35.8 Å². The van der Waals surface area contributed by atoms with Crippen molar-refractivity contribution < 1.29 is 9.37 Å². The van der Waals surface area contributed by atoms with Crippen molar-refractivity contribution in [2.75, 3.05) is 0 Å². The lowest BCUT2D eigenvalue weighted by Gasteiger charge is -2.13. The predicted octanol–water partition coefficient (Wildman–Crippen LogP) is 3.11. The first-order chi connectivity index (χ1) is 9.56. The van der Waals surface area contributed by atoms with Crippen molar-refractivity contribution in [3.05, 3.63) is 40.2 Å². The Morgan fingerprint density at radius 1 is 1.35 bits per heavy atom. The number of aromatic nitrogens is 2. The van der Waals surface area contributed by atoms with E-state index >= 15 is 0 Å². The first-order valence-electron chi connectivity index (χ1n) is 6.49. The van der Waals surface area contributed by atoms with Crippen molar-refractivity contribution in [1.29, 1.82) is 0 Å². The maximum atomic E-state index is 6.04. The monoisotopic (exact) mass is 295 g/mol. The smallest absolute Gasteiger partial charge is 0.145 e. The molecule has 0 unspecified atom stereocenters. The Bertz CT molecular complexity index is 569. The van der Waals surface area contributed by atoms with E-state index in [4.69, 9.17) is 16.3 Å². The quantitative estimate of drug-likeness (QED) is 0.887. The molecule has 0 saturated carbocycles. The van der Waals surface area contributed by atoms with Gasteiger partial charge in [0.25, 0.3) is 0 Å². The van der Waals surface area contributed by atoms with Crippen LogP contribution in [0.1, 0.15) is 30.8 Å². The molecule has 0 aliphatic rings. The van der Waals surface area contributed by atoms with E-state index in [1.807, 2.05) is 25.1 Å². The highest BCUT2D eigenvalue weighted by molar-refractivity contribution is 6.30. The summed E-state index contributed by atoms with van der Waals surface area (Å²) in [6, 6.07) is 5.97. The maximum Gasteiger partial charge on any atom is 0.145 e. The first kappa shape index (κ1) is 14.8. The molecule has 0 aliphatic carbocycles. The molecule has 2 rings (SSSR count). The number of nitrogens with one attached hydrogen (secondary N) is 1.